The first-order chi connectivity index (χ1) is 14.1. The van der Waals surface area contributed by atoms with Crippen LogP contribution in [0.15, 0.2) is 29.1 Å². The molecule has 2 atom stereocenters. The van der Waals surface area contributed by atoms with Gasteiger partial charge in [0, 0.05) is 12.1 Å². The first-order valence-electron chi connectivity index (χ1n) is 9.50. The summed E-state index contributed by atoms with van der Waals surface area (Å²) in [6, 6.07) is 3.42. The Labute approximate surface area is 173 Å². The highest BCUT2D eigenvalue weighted by Crippen LogP contribution is 2.46. The number of ether oxygens (including phenoxy) is 3. The Hall–Kier alpha value is -2.68. The molecule has 1 aliphatic carbocycles. The van der Waals surface area contributed by atoms with Gasteiger partial charge in [0.2, 0.25) is 16.9 Å². The van der Waals surface area contributed by atoms with E-state index in [1.807, 2.05) is 16.8 Å². The lowest BCUT2D eigenvalue weighted by atomic mass is 9.80. The Morgan fingerprint density at radius 3 is 2.55 bits per heavy atom. The summed E-state index contributed by atoms with van der Waals surface area (Å²) in [6.07, 6.45) is 3.32. The third-order valence-corrected chi connectivity index (χ3v) is 5.91. The molecular formula is C20H24N4O4S. The number of carbonyl (C=O) groups is 1. The van der Waals surface area contributed by atoms with Gasteiger partial charge in [0.05, 0.1) is 33.3 Å². The standard InChI is InChI=1S/C20H24N4O4S/c1-5-29-20-22-19-21-12-7-6-8-13(25)16(12)17(24(19)23-20)11-9-14(26-2)18(28-4)15(10-11)27-3/h7,9-10,16-17H,5-6,8H2,1-4H3,(H,21,22,23)/t16-,17-/m1/s1. The van der Waals surface area contributed by atoms with Gasteiger partial charge in [-0.25, -0.2) is 4.68 Å². The van der Waals surface area contributed by atoms with Crippen LogP contribution in [0.2, 0.25) is 0 Å². The van der Waals surface area contributed by atoms with E-state index in [4.69, 9.17) is 19.3 Å². The van der Waals surface area contributed by atoms with Crippen molar-refractivity contribution in [2.75, 3.05) is 32.4 Å². The second-order valence-electron chi connectivity index (χ2n) is 6.77. The number of methoxy groups -OCH3 is 3. The minimum absolute atomic E-state index is 0.180. The second-order valence-corrected chi connectivity index (χ2v) is 8.00. The summed E-state index contributed by atoms with van der Waals surface area (Å²) in [6.45, 7) is 2.06. The van der Waals surface area contributed by atoms with Gasteiger partial charge in [-0.1, -0.05) is 24.8 Å². The van der Waals surface area contributed by atoms with Crippen LogP contribution in [0.1, 0.15) is 31.4 Å². The zero-order chi connectivity index (χ0) is 20.5. The number of aromatic nitrogens is 3. The molecule has 1 N–H and O–H groups in total. The Bertz CT molecular complexity index is 946. The van der Waals surface area contributed by atoms with Gasteiger partial charge in [-0.2, -0.15) is 4.98 Å². The molecule has 9 heteroatoms. The van der Waals surface area contributed by atoms with Crippen molar-refractivity contribution in [1.82, 2.24) is 14.8 Å². The van der Waals surface area contributed by atoms with Gasteiger partial charge in [0.1, 0.15) is 5.78 Å². The monoisotopic (exact) mass is 416 g/mol. The summed E-state index contributed by atoms with van der Waals surface area (Å²) >= 11 is 1.56. The van der Waals surface area contributed by atoms with Crippen molar-refractivity contribution in [2.24, 2.45) is 5.92 Å². The maximum Gasteiger partial charge on any atom is 0.227 e. The van der Waals surface area contributed by atoms with E-state index in [1.165, 1.54) is 0 Å². The molecule has 0 spiro atoms. The molecule has 0 amide bonds. The number of anilines is 1. The van der Waals surface area contributed by atoms with E-state index in [0.29, 0.717) is 34.8 Å². The molecule has 0 unspecified atom stereocenters. The molecule has 2 aromatic rings. The highest BCUT2D eigenvalue weighted by molar-refractivity contribution is 7.99. The summed E-state index contributed by atoms with van der Waals surface area (Å²) in [4.78, 5) is 17.6. The highest BCUT2D eigenvalue weighted by atomic mass is 32.2. The minimum atomic E-state index is -0.361. The first-order valence-corrected chi connectivity index (χ1v) is 10.5. The minimum Gasteiger partial charge on any atom is -0.493 e. The van der Waals surface area contributed by atoms with Crippen molar-refractivity contribution in [3.63, 3.8) is 0 Å². The van der Waals surface area contributed by atoms with Crippen LogP contribution < -0.4 is 19.5 Å². The summed E-state index contributed by atoms with van der Waals surface area (Å²) in [7, 11) is 4.73. The molecule has 1 aliphatic heterocycles. The van der Waals surface area contributed by atoms with Crippen molar-refractivity contribution in [3.8, 4) is 17.2 Å². The van der Waals surface area contributed by atoms with Gasteiger partial charge in [0.15, 0.2) is 11.5 Å². The molecule has 0 saturated heterocycles. The van der Waals surface area contributed by atoms with Crippen LogP contribution in [-0.4, -0.2) is 47.6 Å². The number of hydrogen-bond acceptors (Lipinski definition) is 8. The number of Topliss-reactive ketones (excluding diaryl/α,β-unsaturated/α-hetero) is 1. The van der Waals surface area contributed by atoms with Gasteiger partial charge < -0.3 is 19.5 Å². The quantitative estimate of drug-likeness (QED) is 0.718. The topological polar surface area (TPSA) is 87.5 Å². The number of nitrogens with one attached hydrogen (secondary N) is 1. The van der Waals surface area contributed by atoms with Gasteiger partial charge in [-0.05, 0) is 29.9 Å². The maximum absolute atomic E-state index is 13.0. The largest absolute Gasteiger partial charge is 0.493 e. The molecule has 0 saturated carbocycles. The molecule has 154 valence electrons. The predicted octanol–water partition coefficient (Wildman–Crippen LogP) is 3.29. The molecule has 0 fully saturated rings. The van der Waals surface area contributed by atoms with Crippen molar-refractivity contribution in [3.05, 3.63) is 29.5 Å². The fourth-order valence-corrected chi connectivity index (χ4v) is 4.50. The number of allylic oxidation sites excluding steroid dienone is 2. The van der Waals surface area contributed by atoms with Crippen LogP contribution in [0.5, 0.6) is 17.2 Å². The van der Waals surface area contributed by atoms with E-state index in [2.05, 4.69) is 23.3 Å². The van der Waals surface area contributed by atoms with Crippen LogP contribution >= 0.6 is 11.8 Å². The molecule has 8 nitrogen and oxygen atoms in total. The zero-order valence-corrected chi connectivity index (χ0v) is 17.7. The molecular weight excluding hydrogens is 392 g/mol. The van der Waals surface area contributed by atoms with E-state index in [0.717, 1.165) is 23.4 Å². The van der Waals surface area contributed by atoms with Gasteiger partial charge in [-0.15, -0.1) is 5.10 Å². The number of rotatable bonds is 6. The lowest BCUT2D eigenvalue weighted by Crippen LogP contribution is -2.38. The van der Waals surface area contributed by atoms with Crippen LogP contribution in [-0.2, 0) is 4.79 Å². The molecule has 29 heavy (non-hydrogen) atoms. The predicted molar refractivity (Wildman–Crippen MR) is 110 cm³/mol. The SMILES string of the molecule is CCSc1nc2n(n1)[C@H](c1cc(OC)c(OC)c(OC)c1)[C@H]1C(=O)CCC=C1N2. The number of hydrogen-bond donors (Lipinski definition) is 1. The van der Waals surface area contributed by atoms with E-state index in [9.17, 15) is 4.79 Å². The lowest BCUT2D eigenvalue weighted by molar-refractivity contribution is -0.123. The highest BCUT2D eigenvalue weighted by Gasteiger charge is 2.42. The molecule has 0 radical (unpaired) electrons. The Morgan fingerprint density at radius 1 is 1.21 bits per heavy atom. The van der Waals surface area contributed by atoms with Crippen LogP contribution in [0, 0.1) is 5.92 Å². The van der Waals surface area contributed by atoms with Crippen molar-refractivity contribution >= 4 is 23.5 Å². The summed E-state index contributed by atoms with van der Waals surface area (Å²) in [5, 5.41) is 8.69. The zero-order valence-electron chi connectivity index (χ0n) is 16.9. The van der Waals surface area contributed by atoms with E-state index in [-0.39, 0.29) is 17.7 Å². The number of nitrogens with zero attached hydrogens (tertiary/aromatic N) is 3. The second kappa shape index (κ2) is 7.98. The Balaban J connectivity index is 1.91. The average Bonchev–Trinajstić information content (AvgIpc) is 3.13. The molecule has 4 rings (SSSR count). The number of ketones is 1. The van der Waals surface area contributed by atoms with Crippen LogP contribution in [0.4, 0.5) is 5.95 Å². The Morgan fingerprint density at radius 2 is 1.93 bits per heavy atom. The van der Waals surface area contributed by atoms with Crippen molar-refractivity contribution < 1.29 is 19.0 Å². The molecule has 0 bridgehead atoms. The molecule has 1 aromatic carbocycles. The summed E-state index contributed by atoms with van der Waals surface area (Å²) in [5.74, 6) is 2.91. The maximum atomic E-state index is 13.0. The Kier molecular flexibility index (Phi) is 5.40. The fraction of sp³-hybridized carbons (Fsp3) is 0.450. The smallest absolute Gasteiger partial charge is 0.227 e. The lowest BCUT2D eigenvalue weighted by Gasteiger charge is -2.36. The third-order valence-electron chi connectivity index (χ3n) is 5.19. The molecule has 1 aromatic heterocycles. The van der Waals surface area contributed by atoms with Crippen LogP contribution in [0.25, 0.3) is 0 Å². The first kappa shape index (κ1) is 19.6. The number of fused-ring (bicyclic) bond motifs is 2. The van der Waals surface area contributed by atoms with Gasteiger partial charge >= 0.3 is 0 Å². The van der Waals surface area contributed by atoms with Crippen LogP contribution in [0.3, 0.4) is 0 Å². The van der Waals surface area contributed by atoms with Gasteiger partial charge in [0.25, 0.3) is 0 Å². The van der Waals surface area contributed by atoms with Gasteiger partial charge in [-0.3, -0.25) is 4.79 Å². The fourth-order valence-electron chi connectivity index (χ4n) is 3.95. The number of thioether (sulfide) groups is 1. The van der Waals surface area contributed by atoms with E-state index < -0.39 is 0 Å². The van der Waals surface area contributed by atoms with Crippen molar-refractivity contribution in [2.45, 2.75) is 31.0 Å². The summed E-state index contributed by atoms with van der Waals surface area (Å²) in [5.41, 5.74) is 1.74. The number of carbonyl (C=O) groups excluding carboxylic acids is 1. The van der Waals surface area contributed by atoms with Crippen molar-refractivity contribution in [1.29, 1.82) is 0 Å². The van der Waals surface area contributed by atoms with E-state index >= 15 is 0 Å². The molecule has 2 heterocycles. The average molecular weight is 417 g/mol. The normalized spacial score (nSPS) is 20.3. The number of benzene rings is 1. The van der Waals surface area contributed by atoms with E-state index in [1.54, 1.807) is 33.1 Å². The molecule has 2 aliphatic rings. The third kappa shape index (κ3) is 3.33. The summed E-state index contributed by atoms with van der Waals surface area (Å²) < 4.78 is 18.3.